The van der Waals surface area contributed by atoms with Gasteiger partial charge in [0.1, 0.15) is 4.21 Å². The third-order valence-electron chi connectivity index (χ3n) is 4.94. The van der Waals surface area contributed by atoms with Gasteiger partial charge in [-0.2, -0.15) is 0 Å². The molecule has 1 aliphatic heterocycles. The Kier molecular flexibility index (Phi) is 6.88. The number of thiophene rings is 1. The molecule has 3 rings (SSSR count). The van der Waals surface area contributed by atoms with E-state index in [0.717, 1.165) is 38.3 Å². The smallest absolute Gasteiger partial charge is 0.271 e. The molecule has 1 aliphatic rings. The monoisotopic (exact) mass is 408 g/mol. The van der Waals surface area contributed by atoms with E-state index >= 15 is 0 Å². The van der Waals surface area contributed by atoms with Crippen molar-refractivity contribution in [2.45, 2.75) is 23.7 Å². The lowest BCUT2D eigenvalue weighted by molar-refractivity contribution is 0.118. The summed E-state index contributed by atoms with van der Waals surface area (Å²) in [5, 5.41) is 5.25. The van der Waals surface area contributed by atoms with Crippen molar-refractivity contribution in [3.05, 3.63) is 47.3 Å². The summed E-state index contributed by atoms with van der Waals surface area (Å²) in [6.45, 7) is 8.14. The lowest BCUT2D eigenvalue weighted by Gasteiger charge is -2.36. The van der Waals surface area contributed by atoms with Crippen LogP contribution in [0.25, 0.3) is 0 Å². The molecule has 0 radical (unpaired) electrons. The second-order valence-corrected chi connectivity index (χ2v) is 9.87. The summed E-state index contributed by atoms with van der Waals surface area (Å²) in [4.78, 5) is 4.85. The molecule has 2 aromatic rings. The molecule has 2 N–H and O–H groups in total. The van der Waals surface area contributed by atoms with Crippen molar-refractivity contribution in [1.29, 1.82) is 0 Å². The number of rotatable bonds is 8. The lowest BCUT2D eigenvalue weighted by Crippen LogP contribution is -2.50. The molecule has 0 amide bonds. The zero-order valence-corrected chi connectivity index (χ0v) is 17.5. The summed E-state index contributed by atoms with van der Waals surface area (Å²) < 4.78 is 28.0. The molecule has 6 nitrogen and oxygen atoms in total. The number of nitrogens with one attached hydrogen (secondary N) is 2. The standard InChI is InChI=1S/C19H28N4O2S2/c1-16(23-11-9-22(2)10-12-23)14-20-15-17-6-3-4-7-18(17)21-27(24,25)19-8-5-13-26-19/h3-8,13,16,20-21H,9-12,14-15H2,1-2H3. The van der Waals surface area contributed by atoms with Gasteiger partial charge in [0.15, 0.2) is 0 Å². The lowest BCUT2D eigenvalue weighted by atomic mass is 10.1. The molecular formula is C19H28N4O2S2. The Hall–Kier alpha value is -1.45. The van der Waals surface area contributed by atoms with Gasteiger partial charge >= 0.3 is 0 Å². The molecular weight excluding hydrogens is 380 g/mol. The second kappa shape index (κ2) is 9.16. The van der Waals surface area contributed by atoms with E-state index in [4.69, 9.17) is 0 Å². The predicted octanol–water partition coefficient (Wildman–Crippen LogP) is 2.27. The first kappa shape index (κ1) is 20.3. The third kappa shape index (κ3) is 5.52. The Balaban J connectivity index is 1.56. The van der Waals surface area contributed by atoms with Gasteiger partial charge in [-0.05, 0) is 37.0 Å². The highest BCUT2D eigenvalue weighted by molar-refractivity contribution is 7.94. The minimum Gasteiger partial charge on any atom is -0.311 e. The highest BCUT2D eigenvalue weighted by Crippen LogP contribution is 2.22. The van der Waals surface area contributed by atoms with E-state index in [1.54, 1.807) is 17.5 Å². The molecule has 1 saturated heterocycles. The Labute approximate surface area is 166 Å². The van der Waals surface area contributed by atoms with Crippen LogP contribution in [-0.4, -0.2) is 64.0 Å². The predicted molar refractivity (Wildman–Crippen MR) is 112 cm³/mol. The Bertz CT molecular complexity index is 816. The topological polar surface area (TPSA) is 64.7 Å². The number of sulfonamides is 1. The van der Waals surface area contributed by atoms with E-state index in [0.29, 0.717) is 22.5 Å². The first-order valence-electron chi connectivity index (χ1n) is 9.23. The van der Waals surface area contributed by atoms with Gasteiger partial charge in [-0.1, -0.05) is 24.3 Å². The fourth-order valence-electron chi connectivity index (χ4n) is 3.19. The van der Waals surface area contributed by atoms with Crippen LogP contribution in [0.5, 0.6) is 0 Å². The van der Waals surface area contributed by atoms with Crippen LogP contribution in [0.4, 0.5) is 5.69 Å². The van der Waals surface area contributed by atoms with E-state index in [2.05, 4.69) is 33.8 Å². The number of hydrogen-bond donors (Lipinski definition) is 2. The largest absolute Gasteiger partial charge is 0.311 e. The van der Waals surface area contributed by atoms with Crippen LogP contribution in [0.15, 0.2) is 46.0 Å². The summed E-state index contributed by atoms with van der Waals surface area (Å²) in [7, 11) is -1.37. The molecule has 1 fully saturated rings. The first-order valence-corrected chi connectivity index (χ1v) is 11.6. The molecule has 1 atom stereocenters. The Morgan fingerprint density at radius 1 is 1.11 bits per heavy atom. The maximum atomic E-state index is 12.5. The average molecular weight is 409 g/mol. The van der Waals surface area contributed by atoms with E-state index < -0.39 is 10.0 Å². The maximum Gasteiger partial charge on any atom is 0.271 e. The van der Waals surface area contributed by atoms with Crippen molar-refractivity contribution < 1.29 is 8.42 Å². The number of benzene rings is 1. The molecule has 8 heteroatoms. The zero-order chi connectivity index (χ0) is 19.3. The highest BCUT2D eigenvalue weighted by atomic mass is 32.2. The van der Waals surface area contributed by atoms with Crippen LogP contribution < -0.4 is 10.0 Å². The van der Waals surface area contributed by atoms with Gasteiger partial charge in [0.05, 0.1) is 5.69 Å². The van der Waals surface area contributed by atoms with Gasteiger partial charge in [-0.3, -0.25) is 9.62 Å². The first-order chi connectivity index (χ1) is 13.0. The molecule has 0 bridgehead atoms. The van der Waals surface area contributed by atoms with Crippen LogP contribution in [0.3, 0.4) is 0 Å². The van der Waals surface area contributed by atoms with E-state index in [1.165, 1.54) is 11.3 Å². The number of anilines is 1. The van der Waals surface area contributed by atoms with Gasteiger partial charge in [-0.25, -0.2) is 8.42 Å². The molecule has 148 valence electrons. The van der Waals surface area contributed by atoms with Gasteiger partial charge in [0.2, 0.25) is 0 Å². The SMILES string of the molecule is CC(CNCc1ccccc1NS(=O)(=O)c1cccs1)N1CCN(C)CC1. The van der Waals surface area contributed by atoms with Crippen LogP contribution >= 0.6 is 11.3 Å². The zero-order valence-electron chi connectivity index (χ0n) is 15.9. The summed E-state index contributed by atoms with van der Waals surface area (Å²) in [5.41, 5.74) is 1.58. The molecule has 2 heterocycles. The summed E-state index contributed by atoms with van der Waals surface area (Å²) in [6, 6.07) is 11.4. The normalized spacial score (nSPS) is 17.7. The highest BCUT2D eigenvalue weighted by Gasteiger charge is 2.19. The number of hydrogen-bond acceptors (Lipinski definition) is 6. The minimum absolute atomic E-state index is 0.328. The number of piperazine rings is 1. The van der Waals surface area contributed by atoms with Gasteiger partial charge in [0.25, 0.3) is 10.0 Å². The van der Waals surface area contributed by atoms with E-state index in [-0.39, 0.29) is 0 Å². The molecule has 1 aromatic heterocycles. The Morgan fingerprint density at radius 3 is 2.56 bits per heavy atom. The van der Waals surface area contributed by atoms with E-state index in [1.807, 2.05) is 24.3 Å². The molecule has 0 saturated carbocycles. The molecule has 1 unspecified atom stereocenters. The second-order valence-electron chi connectivity index (χ2n) is 7.01. The molecule has 0 spiro atoms. The Morgan fingerprint density at radius 2 is 1.85 bits per heavy atom. The van der Waals surface area contributed by atoms with Gasteiger partial charge in [-0.15, -0.1) is 11.3 Å². The van der Waals surface area contributed by atoms with Crippen LogP contribution in [0.2, 0.25) is 0 Å². The molecule has 1 aromatic carbocycles. The molecule has 27 heavy (non-hydrogen) atoms. The summed E-state index contributed by atoms with van der Waals surface area (Å²) >= 11 is 1.22. The van der Waals surface area contributed by atoms with Crippen molar-refractivity contribution in [2.24, 2.45) is 0 Å². The van der Waals surface area contributed by atoms with Crippen molar-refractivity contribution in [3.63, 3.8) is 0 Å². The fourth-order valence-corrected chi connectivity index (χ4v) is 5.29. The fraction of sp³-hybridized carbons (Fsp3) is 0.474. The maximum absolute atomic E-state index is 12.5. The number of likely N-dealkylation sites (N-methyl/N-ethyl adjacent to an activating group) is 1. The van der Waals surface area contributed by atoms with Gasteiger partial charge < -0.3 is 10.2 Å². The van der Waals surface area contributed by atoms with Crippen LogP contribution in [-0.2, 0) is 16.6 Å². The van der Waals surface area contributed by atoms with Crippen molar-refractivity contribution in [3.8, 4) is 0 Å². The van der Waals surface area contributed by atoms with Crippen molar-refractivity contribution >= 4 is 27.0 Å². The minimum atomic E-state index is -3.53. The quantitative estimate of drug-likeness (QED) is 0.702. The average Bonchev–Trinajstić information content (AvgIpc) is 3.19. The molecule has 0 aliphatic carbocycles. The van der Waals surface area contributed by atoms with Gasteiger partial charge in [0, 0.05) is 45.3 Å². The van der Waals surface area contributed by atoms with Crippen LogP contribution in [0.1, 0.15) is 12.5 Å². The van der Waals surface area contributed by atoms with Crippen molar-refractivity contribution in [1.82, 2.24) is 15.1 Å². The number of nitrogens with zero attached hydrogens (tertiary/aromatic N) is 2. The van der Waals surface area contributed by atoms with Crippen LogP contribution in [0, 0.1) is 0 Å². The third-order valence-corrected chi connectivity index (χ3v) is 7.70. The summed E-state index contributed by atoms with van der Waals surface area (Å²) in [5.74, 6) is 0. The summed E-state index contributed by atoms with van der Waals surface area (Å²) in [6.07, 6.45) is 0. The van der Waals surface area contributed by atoms with Crippen molar-refractivity contribution in [2.75, 3.05) is 44.5 Å². The number of para-hydroxylation sites is 1. The van der Waals surface area contributed by atoms with E-state index in [9.17, 15) is 8.42 Å².